The molecule has 1 aliphatic rings. The van der Waals surface area contributed by atoms with E-state index in [1.54, 1.807) is 11.0 Å². The number of aliphatic imine (C=N–C) groups is 1. The van der Waals surface area contributed by atoms with Gasteiger partial charge in [-0.1, -0.05) is 24.3 Å². The van der Waals surface area contributed by atoms with Crippen LogP contribution in [-0.2, 0) is 26.6 Å². The number of guanidine groups is 1. The van der Waals surface area contributed by atoms with Gasteiger partial charge in [-0.15, -0.1) is 0 Å². The van der Waals surface area contributed by atoms with Crippen molar-refractivity contribution in [3.63, 3.8) is 0 Å². The fourth-order valence-electron chi connectivity index (χ4n) is 3.38. The van der Waals surface area contributed by atoms with E-state index in [-0.39, 0.29) is 5.54 Å². The summed E-state index contributed by atoms with van der Waals surface area (Å²) in [4.78, 5) is 11.4. The molecule has 146 valence electrons. The maximum Gasteiger partial charge on any atom is 0.191 e. The van der Waals surface area contributed by atoms with Gasteiger partial charge in [-0.25, -0.2) is 9.98 Å². The maximum absolute atomic E-state index is 4.65. The van der Waals surface area contributed by atoms with Gasteiger partial charge in [0.1, 0.15) is 18.7 Å². The fourth-order valence-corrected chi connectivity index (χ4v) is 3.38. The Morgan fingerprint density at radius 1 is 1.22 bits per heavy atom. The molecule has 0 fully saturated rings. The lowest BCUT2D eigenvalue weighted by atomic mass is 9.94. The van der Waals surface area contributed by atoms with Gasteiger partial charge in [0.15, 0.2) is 5.96 Å². The van der Waals surface area contributed by atoms with Crippen LogP contribution in [0.4, 0.5) is 0 Å². The first kappa shape index (κ1) is 19.4. The van der Waals surface area contributed by atoms with Gasteiger partial charge in [0, 0.05) is 38.8 Å². The van der Waals surface area contributed by atoms with Gasteiger partial charge in [0.05, 0.1) is 0 Å². The summed E-state index contributed by atoms with van der Waals surface area (Å²) in [6, 6.07) is 8.77. The highest BCUT2D eigenvalue weighted by molar-refractivity contribution is 5.79. The molecule has 0 atom stereocenters. The Bertz CT molecular complexity index is 778. The van der Waals surface area contributed by atoms with E-state index in [0.29, 0.717) is 6.54 Å². The number of fused-ring (bicyclic) bond motifs is 1. The zero-order valence-corrected chi connectivity index (χ0v) is 16.9. The highest BCUT2D eigenvalue weighted by atomic mass is 15.3. The van der Waals surface area contributed by atoms with Gasteiger partial charge in [-0.05, 0) is 38.3 Å². The molecule has 0 bridgehead atoms. The molecule has 0 spiro atoms. The first-order chi connectivity index (χ1) is 13.0. The maximum atomic E-state index is 4.65. The molecule has 1 aromatic carbocycles. The molecule has 0 amide bonds. The minimum atomic E-state index is 0.0223. The van der Waals surface area contributed by atoms with Crippen molar-refractivity contribution in [2.75, 3.05) is 19.6 Å². The molecule has 27 heavy (non-hydrogen) atoms. The zero-order valence-electron chi connectivity index (χ0n) is 16.9. The molecule has 0 radical (unpaired) electrons. The van der Waals surface area contributed by atoms with E-state index in [1.165, 1.54) is 11.1 Å². The first-order valence-corrected chi connectivity index (χ1v) is 9.66. The van der Waals surface area contributed by atoms with Gasteiger partial charge in [0.2, 0.25) is 0 Å². The molecule has 7 heteroatoms. The molecule has 2 heterocycles. The average Bonchev–Trinajstić information content (AvgIpc) is 3.08. The summed E-state index contributed by atoms with van der Waals surface area (Å²) in [7, 11) is 1.88. The van der Waals surface area contributed by atoms with Crippen molar-refractivity contribution in [3.05, 3.63) is 47.5 Å². The Labute approximate surface area is 161 Å². The lowest BCUT2D eigenvalue weighted by Crippen LogP contribution is -2.54. The normalized spacial score (nSPS) is 15.5. The summed E-state index contributed by atoms with van der Waals surface area (Å²) >= 11 is 0. The molecule has 1 aliphatic heterocycles. The Kier molecular flexibility index (Phi) is 6.11. The molecule has 7 nitrogen and oxygen atoms in total. The minimum Gasteiger partial charge on any atom is -0.357 e. The van der Waals surface area contributed by atoms with E-state index in [0.717, 1.165) is 44.4 Å². The van der Waals surface area contributed by atoms with Gasteiger partial charge in [0.25, 0.3) is 0 Å². The van der Waals surface area contributed by atoms with E-state index in [4.69, 9.17) is 0 Å². The second-order valence-corrected chi connectivity index (χ2v) is 7.60. The summed E-state index contributed by atoms with van der Waals surface area (Å²) in [6.07, 6.45) is 2.67. The van der Waals surface area contributed by atoms with Crippen LogP contribution in [0.2, 0.25) is 0 Å². The zero-order chi connectivity index (χ0) is 19.3. The Morgan fingerprint density at radius 2 is 2.00 bits per heavy atom. The van der Waals surface area contributed by atoms with Crippen molar-refractivity contribution in [2.45, 2.75) is 45.8 Å². The van der Waals surface area contributed by atoms with Gasteiger partial charge in [-0.3, -0.25) is 9.58 Å². The van der Waals surface area contributed by atoms with Crippen LogP contribution in [0.15, 0.2) is 35.6 Å². The van der Waals surface area contributed by atoms with Crippen LogP contribution in [0.25, 0.3) is 0 Å². The van der Waals surface area contributed by atoms with E-state index >= 15 is 0 Å². The molecule has 0 aliphatic carbocycles. The molecular formula is C20H31N7. The van der Waals surface area contributed by atoms with Gasteiger partial charge in [-0.2, -0.15) is 5.10 Å². The molecule has 1 aromatic heterocycles. The monoisotopic (exact) mass is 369 g/mol. The lowest BCUT2D eigenvalue weighted by Gasteiger charge is -2.42. The average molecular weight is 370 g/mol. The standard InChI is InChI=1S/C20H31N7/c1-5-21-19(22-12-18-24-15-25-26(18)4)23-14-20(2,3)27-11-10-16-8-6-7-9-17(16)13-27/h6-9,15H,5,10-14H2,1-4H3,(H2,21,22,23). The molecule has 3 rings (SSSR count). The molecular weight excluding hydrogens is 338 g/mol. The molecule has 2 aromatic rings. The summed E-state index contributed by atoms with van der Waals surface area (Å²) in [6.45, 7) is 10.9. The predicted octanol–water partition coefficient (Wildman–Crippen LogP) is 1.71. The predicted molar refractivity (Wildman–Crippen MR) is 108 cm³/mol. The number of rotatable bonds is 6. The first-order valence-electron chi connectivity index (χ1n) is 9.66. The number of benzene rings is 1. The van der Waals surface area contributed by atoms with Crippen molar-refractivity contribution in [1.82, 2.24) is 30.3 Å². The van der Waals surface area contributed by atoms with Gasteiger partial charge < -0.3 is 10.6 Å². The van der Waals surface area contributed by atoms with Crippen molar-refractivity contribution in [3.8, 4) is 0 Å². The van der Waals surface area contributed by atoms with Crippen molar-refractivity contribution in [1.29, 1.82) is 0 Å². The Hall–Kier alpha value is -2.41. The van der Waals surface area contributed by atoms with Crippen LogP contribution in [-0.4, -0.2) is 50.8 Å². The van der Waals surface area contributed by atoms with Crippen molar-refractivity contribution >= 4 is 5.96 Å². The van der Waals surface area contributed by atoms with Gasteiger partial charge >= 0.3 is 0 Å². The summed E-state index contributed by atoms with van der Waals surface area (Å²) in [5.74, 6) is 1.66. The third kappa shape index (κ3) is 4.86. The summed E-state index contributed by atoms with van der Waals surface area (Å²) in [5, 5.41) is 10.9. The van der Waals surface area contributed by atoms with E-state index in [9.17, 15) is 0 Å². The number of aromatic nitrogens is 3. The second kappa shape index (κ2) is 8.52. The largest absolute Gasteiger partial charge is 0.357 e. The summed E-state index contributed by atoms with van der Waals surface area (Å²) < 4.78 is 1.75. The van der Waals surface area contributed by atoms with E-state index in [1.807, 2.05) is 7.05 Å². The lowest BCUT2D eigenvalue weighted by molar-refractivity contribution is 0.107. The second-order valence-electron chi connectivity index (χ2n) is 7.60. The van der Waals surface area contributed by atoms with E-state index in [2.05, 4.69) is 75.6 Å². The number of nitrogens with one attached hydrogen (secondary N) is 2. The quantitative estimate of drug-likeness (QED) is 0.599. The highest BCUT2D eigenvalue weighted by Gasteiger charge is 2.29. The van der Waals surface area contributed by atoms with Crippen LogP contribution < -0.4 is 10.6 Å². The van der Waals surface area contributed by atoms with Crippen LogP contribution in [0.5, 0.6) is 0 Å². The Morgan fingerprint density at radius 3 is 2.70 bits per heavy atom. The van der Waals surface area contributed by atoms with E-state index < -0.39 is 0 Å². The number of aryl methyl sites for hydroxylation is 1. The van der Waals surface area contributed by atoms with Crippen LogP contribution in [0, 0.1) is 0 Å². The number of hydrogen-bond donors (Lipinski definition) is 2. The fraction of sp³-hybridized carbons (Fsp3) is 0.550. The minimum absolute atomic E-state index is 0.0223. The van der Waals surface area contributed by atoms with Crippen LogP contribution in [0.1, 0.15) is 37.7 Å². The molecule has 2 N–H and O–H groups in total. The topological polar surface area (TPSA) is 70.4 Å². The van der Waals surface area contributed by atoms with Crippen molar-refractivity contribution < 1.29 is 0 Å². The van der Waals surface area contributed by atoms with Crippen LogP contribution in [0.3, 0.4) is 0 Å². The summed E-state index contributed by atoms with van der Waals surface area (Å²) in [5.41, 5.74) is 2.95. The SMILES string of the molecule is CCNC(=NCc1ncnn1C)NCC(C)(C)N1CCc2ccccc2C1. The molecule has 0 unspecified atom stereocenters. The number of nitrogens with zero attached hydrogens (tertiary/aromatic N) is 5. The third-order valence-corrected chi connectivity index (χ3v) is 5.20. The highest BCUT2D eigenvalue weighted by Crippen LogP contribution is 2.24. The smallest absolute Gasteiger partial charge is 0.191 e. The van der Waals surface area contributed by atoms with Crippen LogP contribution >= 0.6 is 0 Å². The number of hydrogen-bond acceptors (Lipinski definition) is 4. The Balaban J connectivity index is 1.61. The van der Waals surface area contributed by atoms with Crippen molar-refractivity contribution in [2.24, 2.45) is 12.0 Å². The molecule has 0 saturated heterocycles. The third-order valence-electron chi connectivity index (χ3n) is 5.20. The molecule has 0 saturated carbocycles.